The standard InChI is InChI=1S/C5H8N2O2/c1-9-5-6-3-2-4-7(5)8/h2-5,8H,1H3. The normalized spacial score (nSPS) is 25.1. The molecule has 1 aliphatic rings. The Bertz CT molecular complexity index is 144. The second-order valence-electron chi connectivity index (χ2n) is 1.58. The van der Waals surface area contributed by atoms with Crippen LogP contribution in [-0.4, -0.2) is 29.9 Å². The second kappa shape index (κ2) is 2.61. The number of hydroxylamine groups is 2. The summed E-state index contributed by atoms with van der Waals surface area (Å²) in [5.41, 5.74) is 0. The van der Waals surface area contributed by atoms with Crippen molar-refractivity contribution in [3.63, 3.8) is 0 Å². The van der Waals surface area contributed by atoms with E-state index in [4.69, 9.17) is 9.94 Å². The van der Waals surface area contributed by atoms with Gasteiger partial charge < -0.3 is 4.74 Å². The molecule has 0 spiro atoms. The van der Waals surface area contributed by atoms with Gasteiger partial charge in [-0.3, -0.25) is 5.21 Å². The first-order chi connectivity index (χ1) is 4.34. The maximum Gasteiger partial charge on any atom is 0.249 e. The quantitative estimate of drug-likeness (QED) is 0.549. The molecule has 1 heterocycles. The van der Waals surface area contributed by atoms with Crippen LogP contribution in [0.1, 0.15) is 0 Å². The van der Waals surface area contributed by atoms with Crippen LogP contribution in [0.3, 0.4) is 0 Å². The van der Waals surface area contributed by atoms with Gasteiger partial charge in [0.25, 0.3) is 0 Å². The van der Waals surface area contributed by atoms with Gasteiger partial charge >= 0.3 is 0 Å². The first-order valence-corrected chi connectivity index (χ1v) is 2.54. The zero-order valence-corrected chi connectivity index (χ0v) is 5.06. The van der Waals surface area contributed by atoms with Gasteiger partial charge in [0.15, 0.2) is 0 Å². The van der Waals surface area contributed by atoms with E-state index in [0.717, 1.165) is 5.06 Å². The van der Waals surface area contributed by atoms with E-state index in [1.165, 1.54) is 13.3 Å². The molecule has 0 aromatic carbocycles. The fraction of sp³-hybridized carbons (Fsp3) is 0.400. The summed E-state index contributed by atoms with van der Waals surface area (Å²) in [6.07, 6.45) is 4.09. The van der Waals surface area contributed by atoms with Gasteiger partial charge in [-0.05, 0) is 6.08 Å². The van der Waals surface area contributed by atoms with Crippen molar-refractivity contribution in [2.45, 2.75) is 6.35 Å². The highest BCUT2D eigenvalue weighted by molar-refractivity contribution is 5.71. The van der Waals surface area contributed by atoms with Gasteiger partial charge in [0.2, 0.25) is 6.35 Å². The van der Waals surface area contributed by atoms with E-state index in [1.807, 2.05) is 0 Å². The van der Waals surface area contributed by atoms with Crippen LogP contribution in [0.5, 0.6) is 0 Å². The third kappa shape index (κ3) is 1.28. The van der Waals surface area contributed by atoms with Gasteiger partial charge in [-0.1, -0.05) is 0 Å². The molecule has 0 fully saturated rings. The molecule has 0 amide bonds. The van der Waals surface area contributed by atoms with Gasteiger partial charge in [0.05, 0.1) is 0 Å². The summed E-state index contributed by atoms with van der Waals surface area (Å²) >= 11 is 0. The Labute approximate surface area is 53.0 Å². The molecule has 4 nitrogen and oxygen atoms in total. The van der Waals surface area contributed by atoms with E-state index in [2.05, 4.69) is 4.99 Å². The van der Waals surface area contributed by atoms with Crippen molar-refractivity contribution in [2.75, 3.05) is 7.11 Å². The third-order valence-corrected chi connectivity index (χ3v) is 0.976. The van der Waals surface area contributed by atoms with Crippen LogP contribution >= 0.6 is 0 Å². The number of hydrogen-bond acceptors (Lipinski definition) is 4. The summed E-state index contributed by atoms with van der Waals surface area (Å²) in [4.78, 5) is 3.77. The lowest BCUT2D eigenvalue weighted by atomic mass is 10.6. The van der Waals surface area contributed by atoms with Crippen molar-refractivity contribution in [1.82, 2.24) is 5.06 Å². The number of rotatable bonds is 1. The zero-order valence-electron chi connectivity index (χ0n) is 5.06. The number of methoxy groups -OCH3 is 1. The minimum atomic E-state index is -0.574. The predicted octanol–water partition coefficient (Wildman–Crippen LogP) is 0.206. The Kier molecular flexibility index (Phi) is 1.81. The maximum absolute atomic E-state index is 8.88. The van der Waals surface area contributed by atoms with Crippen molar-refractivity contribution in [3.8, 4) is 0 Å². The summed E-state index contributed by atoms with van der Waals surface area (Å²) in [6, 6.07) is 0. The molecule has 0 aromatic heterocycles. The van der Waals surface area contributed by atoms with Crippen LogP contribution in [0, 0.1) is 0 Å². The Morgan fingerprint density at radius 3 is 3.00 bits per heavy atom. The molecule has 9 heavy (non-hydrogen) atoms. The zero-order chi connectivity index (χ0) is 6.69. The highest BCUT2D eigenvalue weighted by Crippen LogP contribution is 2.01. The van der Waals surface area contributed by atoms with Crippen molar-refractivity contribution < 1.29 is 9.94 Å². The summed E-state index contributed by atoms with van der Waals surface area (Å²) in [6.45, 7) is 0. The van der Waals surface area contributed by atoms with Gasteiger partial charge in [-0.25, -0.2) is 10.1 Å². The summed E-state index contributed by atoms with van der Waals surface area (Å²) < 4.78 is 4.73. The number of ether oxygens (including phenoxy) is 1. The molecule has 0 saturated heterocycles. The van der Waals surface area contributed by atoms with E-state index in [1.54, 1.807) is 12.3 Å². The fourth-order valence-corrected chi connectivity index (χ4v) is 0.561. The number of allylic oxidation sites excluding steroid dienone is 1. The molecule has 1 atom stereocenters. The molecule has 1 aliphatic heterocycles. The van der Waals surface area contributed by atoms with Crippen LogP contribution < -0.4 is 0 Å². The Morgan fingerprint density at radius 1 is 1.78 bits per heavy atom. The average Bonchev–Trinajstić information content (AvgIpc) is 1.89. The summed E-state index contributed by atoms with van der Waals surface area (Å²) in [5.74, 6) is 0. The molecule has 50 valence electrons. The number of aliphatic imine (C=N–C) groups is 1. The lowest BCUT2D eigenvalue weighted by Gasteiger charge is -2.20. The van der Waals surface area contributed by atoms with Gasteiger partial charge in [-0.2, -0.15) is 0 Å². The lowest BCUT2D eigenvalue weighted by Crippen LogP contribution is -2.29. The van der Waals surface area contributed by atoms with E-state index in [0.29, 0.717) is 0 Å². The first-order valence-electron chi connectivity index (χ1n) is 2.54. The lowest BCUT2D eigenvalue weighted by molar-refractivity contribution is -0.168. The Morgan fingerprint density at radius 2 is 2.56 bits per heavy atom. The maximum atomic E-state index is 8.88. The molecule has 0 radical (unpaired) electrons. The Balaban J connectivity index is 2.55. The van der Waals surface area contributed by atoms with Gasteiger partial charge in [0.1, 0.15) is 0 Å². The first kappa shape index (κ1) is 6.25. The molecule has 4 heteroatoms. The fourth-order valence-electron chi connectivity index (χ4n) is 0.561. The van der Waals surface area contributed by atoms with Crippen molar-refractivity contribution >= 4 is 6.21 Å². The molecule has 0 bridgehead atoms. The molecule has 1 N–H and O–H groups in total. The van der Waals surface area contributed by atoms with E-state index >= 15 is 0 Å². The largest absolute Gasteiger partial charge is 0.341 e. The molecule has 0 aromatic rings. The SMILES string of the molecule is COC1N=CC=CN1O. The van der Waals surface area contributed by atoms with E-state index in [-0.39, 0.29) is 0 Å². The number of nitrogens with zero attached hydrogens (tertiary/aromatic N) is 2. The topological polar surface area (TPSA) is 45.1 Å². The van der Waals surface area contributed by atoms with Gasteiger partial charge in [0, 0.05) is 19.5 Å². The summed E-state index contributed by atoms with van der Waals surface area (Å²) in [7, 11) is 1.48. The highest BCUT2D eigenvalue weighted by Gasteiger charge is 2.10. The van der Waals surface area contributed by atoms with E-state index < -0.39 is 6.35 Å². The Hall–Kier alpha value is -0.870. The second-order valence-corrected chi connectivity index (χ2v) is 1.58. The minimum Gasteiger partial charge on any atom is -0.341 e. The number of hydrogen-bond donors (Lipinski definition) is 1. The van der Waals surface area contributed by atoms with Crippen LogP contribution in [-0.2, 0) is 4.74 Å². The molecule has 0 aliphatic carbocycles. The third-order valence-electron chi connectivity index (χ3n) is 0.976. The average molecular weight is 128 g/mol. The van der Waals surface area contributed by atoms with Crippen molar-refractivity contribution in [3.05, 3.63) is 12.3 Å². The smallest absolute Gasteiger partial charge is 0.249 e. The van der Waals surface area contributed by atoms with Crippen LogP contribution in [0.15, 0.2) is 17.3 Å². The molecule has 0 saturated carbocycles. The highest BCUT2D eigenvalue weighted by atomic mass is 16.6. The molecular weight excluding hydrogens is 120 g/mol. The summed E-state index contributed by atoms with van der Waals surface area (Å²) in [5, 5.41) is 9.77. The minimum absolute atomic E-state index is 0.574. The van der Waals surface area contributed by atoms with Crippen LogP contribution in [0.25, 0.3) is 0 Å². The molecular formula is C5H8N2O2. The molecule has 1 rings (SSSR count). The van der Waals surface area contributed by atoms with E-state index in [9.17, 15) is 0 Å². The van der Waals surface area contributed by atoms with Crippen molar-refractivity contribution in [1.29, 1.82) is 0 Å². The monoisotopic (exact) mass is 128 g/mol. The van der Waals surface area contributed by atoms with Crippen molar-refractivity contribution in [2.24, 2.45) is 4.99 Å². The predicted molar refractivity (Wildman–Crippen MR) is 32.1 cm³/mol. The van der Waals surface area contributed by atoms with Gasteiger partial charge in [-0.15, -0.1) is 0 Å². The molecule has 1 unspecified atom stereocenters. The van der Waals surface area contributed by atoms with Crippen LogP contribution in [0.2, 0.25) is 0 Å². The van der Waals surface area contributed by atoms with Crippen LogP contribution in [0.4, 0.5) is 0 Å².